The van der Waals surface area contributed by atoms with Gasteiger partial charge >= 0.3 is 0 Å². The molecule has 2 aromatic heterocycles. The number of para-hydroxylation sites is 1. The van der Waals surface area contributed by atoms with Crippen molar-refractivity contribution in [2.45, 2.75) is 20.0 Å². The van der Waals surface area contributed by atoms with Crippen molar-refractivity contribution >= 4 is 17.4 Å². The van der Waals surface area contributed by atoms with E-state index in [1.54, 1.807) is 35.9 Å². The molecule has 184 valence electrons. The van der Waals surface area contributed by atoms with E-state index in [0.717, 1.165) is 5.69 Å². The van der Waals surface area contributed by atoms with Crippen LogP contribution in [0.3, 0.4) is 0 Å². The van der Waals surface area contributed by atoms with Crippen LogP contribution in [0.1, 0.15) is 23.4 Å². The number of rotatable bonds is 8. The first-order valence-corrected chi connectivity index (χ1v) is 11.3. The molecule has 36 heavy (non-hydrogen) atoms. The van der Waals surface area contributed by atoms with Crippen molar-refractivity contribution in [3.8, 4) is 11.6 Å². The van der Waals surface area contributed by atoms with Crippen LogP contribution >= 0.6 is 0 Å². The van der Waals surface area contributed by atoms with Gasteiger partial charge < -0.3 is 15.0 Å². The summed E-state index contributed by atoms with van der Waals surface area (Å²) in [4.78, 5) is 14.4. The fourth-order valence-electron chi connectivity index (χ4n) is 3.81. The number of nitrogens with zero attached hydrogens (tertiary/aromatic N) is 6. The van der Waals surface area contributed by atoms with Gasteiger partial charge in [0.15, 0.2) is 5.82 Å². The maximum atomic E-state index is 12.8. The van der Waals surface area contributed by atoms with Crippen LogP contribution in [0.25, 0.3) is 5.69 Å². The third kappa shape index (κ3) is 4.99. The smallest absolute Gasteiger partial charge is 0.263 e. The lowest BCUT2D eigenvalue weighted by Crippen LogP contribution is -2.52. The lowest BCUT2D eigenvalue weighted by Gasteiger charge is -2.38. The molecule has 2 aromatic carbocycles. The maximum Gasteiger partial charge on any atom is 0.263 e. The number of anilines is 2. The number of amides is 1. The maximum absolute atomic E-state index is 12.8. The molecule has 0 radical (unpaired) electrons. The molecule has 1 amide bonds. The monoisotopic (exact) mass is 491 g/mol. The van der Waals surface area contributed by atoms with Crippen molar-refractivity contribution in [3.05, 3.63) is 83.7 Å². The van der Waals surface area contributed by atoms with Gasteiger partial charge in [-0.25, -0.2) is 13.5 Å². The summed E-state index contributed by atoms with van der Waals surface area (Å²) in [5.74, 6) is 0.842. The molecule has 11 heteroatoms. The Morgan fingerprint density at radius 1 is 1.03 bits per heavy atom. The minimum atomic E-state index is -2.53. The molecule has 0 aliphatic carbocycles. The van der Waals surface area contributed by atoms with Crippen LogP contribution < -0.4 is 15.0 Å². The topological polar surface area (TPSA) is 98.1 Å². The number of hydrogen-bond donors (Lipinski definition) is 1. The molecule has 1 fully saturated rings. The fraction of sp³-hybridized carbons (Fsp3) is 0.240. The van der Waals surface area contributed by atoms with E-state index in [9.17, 15) is 13.6 Å². The second kappa shape index (κ2) is 10.1. The number of ether oxygens (including phenoxy) is 1. The number of carbonyl (C=O) groups excluding carboxylic acids is 1. The van der Waals surface area contributed by atoms with Crippen LogP contribution in [0.15, 0.2) is 66.7 Å². The number of alkyl halides is 2. The van der Waals surface area contributed by atoms with Crippen molar-refractivity contribution in [3.63, 3.8) is 0 Å². The molecule has 5 rings (SSSR count). The van der Waals surface area contributed by atoms with Gasteiger partial charge in [-0.2, -0.15) is 0 Å². The van der Waals surface area contributed by atoms with Gasteiger partial charge in [-0.3, -0.25) is 4.79 Å². The molecular weight excluding hydrogens is 468 g/mol. The number of hydrogen-bond acceptors (Lipinski definition) is 7. The van der Waals surface area contributed by atoms with Gasteiger partial charge in [0.1, 0.15) is 12.3 Å². The Kier molecular flexibility index (Phi) is 6.52. The zero-order valence-electron chi connectivity index (χ0n) is 19.4. The second-order valence-corrected chi connectivity index (χ2v) is 8.40. The van der Waals surface area contributed by atoms with Gasteiger partial charge in [0, 0.05) is 30.4 Å². The van der Waals surface area contributed by atoms with E-state index in [1.807, 2.05) is 35.2 Å². The largest absolute Gasteiger partial charge is 0.470 e. The van der Waals surface area contributed by atoms with Crippen LogP contribution in [-0.2, 0) is 11.4 Å². The molecule has 1 aliphatic rings. The van der Waals surface area contributed by atoms with E-state index in [2.05, 4.69) is 25.8 Å². The number of carbonyl (C=O) groups is 1. The molecule has 1 aliphatic heterocycles. The van der Waals surface area contributed by atoms with Crippen LogP contribution in [0, 0.1) is 12.8 Å². The summed E-state index contributed by atoms with van der Waals surface area (Å²) in [5.41, 5.74) is 2.63. The Balaban J connectivity index is 1.16. The molecule has 0 saturated carbocycles. The van der Waals surface area contributed by atoms with Gasteiger partial charge in [-0.1, -0.05) is 35.5 Å². The Labute approximate surface area is 205 Å². The average Bonchev–Trinajstić information content (AvgIpc) is 3.23. The van der Waals surface area contributed by atoms with E-state index in [1.165, 1.54) is 12.1 Å². The van der Waals surface area contributed by atoms with Crippen molar-refractivity contribution < 1.29 is 18.3 Å². The number of benzene rings is 2. The zero-order valence-corrected chi connectivity index (χ0v) is 19.4. The third-order valence-corrected chi connectivity index (χ3v) is 5.95. The minimum absolute atomic E-state index is 0.0187. The van der Waals surface area contributed by atoms with Crippen molar-refractivity contribution in [2.75, 3.05) is 23.3 Å². The summed E-state index contributed by atoms with van der Waals surface area (Å²) < 4.78 is 33.0. The normalized spacial score (nSPS) is 13.5. The molecule has 1 saturated heterocycles. The highest BCUT2D eigenvalue weighted by Gasteiger charge is 2.33. The van der Waals surface area contributed by atoms with Crippen LogP contribution in [0.2, 0.25) is 0 Å². The highest BCUT2D eigenvalue weighted by molar-refractivity contribution is 5.94. The van der Waals surface area contributed by atoms with Crippen LogP contribution in [0.4, 0.5) is 20.3 Å². The predicted molar refractivity (Wildman–Crippen MR) is 128 cm³/mol. The minimum Gasteiger partial charge on any atom is -0.470 e. The third-order valence-electron chi connectivity index (χ3n) is 5.95. The van der Waals surface area contributed by atoms with Gasteiger partial charge in [0.2, 0.25) is 11.8 Å². The molecule has 0 bridgehead atoms. The van der Waals surface area contributed by atoms with E-state index in [0.29, 0.717) is 41.9 Å². The Morgan fingerprint density at radius 2 is 1.78 bits per heavy atom. The standard InChI is InChI=1S/C25H23F2N7O2/c1-16-21(34(32-29-16)20-9-7-17(8-10-20)24(26)27)15-36-23-12-11-22(30-31-23)33-13-18(14-33)25(35)28-19-5-3-2-4-6-19/h2-12,18,24H,13-15H2,1H3,(H,28,35). The molecule has 4 aromatic rings. The summed E-state index contributed by atoms with van der Waals surface area (Å²) in [5, 5.41) is 19.4. The molecule has 0 unspecified atom stereocenters. The lowest BCUT2D eigenvalue weighted by atomic mass is 9.99. The Morgan fingerprint density at radius 3 is 2.44 bits per heavy atom. The van der Waals surface area contributed by atoms with Gasteiger partial charge in [0.25, 0.3) is 6.43 Å². The molecule has 9 nitrogen and oxygen atoms in total. The first kappa shape index (κ1) is 23.3. The average molecular weight is 492 g/mol. The van der Waals surface area contributed by atoms with Gasteiger partial charge in [0.05, 0.1) is 17.3 Å². The highest BCUT2D eigenvalue weighted by Crippen LogP contribution is 2.25. The van der Waals surface area contributed by atoms with E-state index < -0.39 is 6.43 Å². The van der Waals surface area contributed by atoms with Crippen LogP contribution in [-0.4, -0.2) is 44.2 Å². The van der Waals surface area contributed by atoms with Crippen LogP contribution in [0.5, 0.6) is 5.88 Å². The molecule has 3 heterocycles. The van der Waals surface area contributed by atoms with Gasteiger partial charge in [-0.05, 0) is 37.3 Å². The number of aryl methyl sites for hydroxylation is 1. The number of aromatic nitrogens is 5. The molecule has 1 N–H and O–H groups in total. The SMILES string of the molecule is Cc1nnn(-c2ccc(C(F)F)cc2)c1COc1ccc(N2CC(C(=O)Nc3ccccc3)C2)nn1. The Hall–Kier alpha value is -4.41. The highest BCUT2D eigenvalue weighted by atomic mass is 19.3. The van der Waals surface area contributed by atoms with Crippen molar-refractivity contribution in [1.82, 2.24) is 25.2 Å². The fourth-order valence-corrected chi connectivity index (χ4v) is 3.81. The van der Waals surface area contributed by atoms with Gasteiger partial charge in [-0.15, -0.1) is 15.3 Å². The summed E-state index contributed by atoms with van der Waals surface area (Å²) in [6.07, 6.45) is -2.53. The van der Waals surface area contributed by atoms with Crippen molar-refractivity contribution in [1.29, 1.82) is 0 Å². The lowest BCUT2D eigenvalue weighted by molar-refractivity contribution is -0.120. The zero-order chi connectivity index (χ0) is 25.1. The quantitative estimate of drug-likeness (QED) is 0.398. The van der Waals surface area contributed by atoms with Crippen molar-refractivity contribution in [2.24, 2.45) is 5.92 Å². The first-order valence-electron chi connectivity index (χ1n) is 11.3. The van der Waals surface area contributed by atoms with E-state index >= 15 is 0 Å². The molecular formula is C25H23F2N7O2. The number of halogens is 2. The summed E-state index contributed by atoms with van der Waals surface area (Å²) in [7, 11) is 0. The summed E-state index contributed by atoms with van der Waals surface area (Å²) in [6, 6.07) is 18.7. The van der Waals surface area contributed by atoms with E-state index in [-0.39, 0.29) is 24.0 Å². The number of nitrogens with one attached hydrogen (secondary N) is 1. The summed E-state index contributed by atoms with van der Waals surface area (Å²) >= 11 is 0. The second-order valence-electron chi connectivity index (χ2n) is 8.40. The Bertz CT molecular complexity index is 1320. The van der Waals surface area contributed by atoms with E-state index in [4.69, 9.17) is 4.74 Å². The predicted octanol–water partition coefficient (Wildman–Crippen LogP) is 3.96. The molecule has 0 atom stereocenters. The molecule has 0 spiro atoms. The first-order chi connectivity index (χ1) is 17.5. The summed E-state index contributed by atoms with van der Waals surface area (Å²) in [6.45, 7) is 3.03.